The van der Waals surface area contributed by atoms with Gasteiger partial charge >= 0.3 is 6.03 Å². The zero-order valence-corrected chi connectivity index (χ0v) is 15.0. The lowest BCUT2D eigenvalue weighted by molar-refractivity contribution is 0.189. The van der Waals surface area contributed by atoms with Crippen LogP contribution < -0.4 is 5.32 Å². The summed E-state index contributed by atoms with van der Waals surface area (Å²) < 4.78 is 1.91. The van der Waals surface area contributed by atoms with Gasteiger partial charge in [-0.3, -0.25) is 4.68 Å². The first-order chi connectivity index (χ1) is 11.5. The van der Waals surface area contributed by atoms with Crippen molar-refractivity contribution < 1.29 is 4.79 Å². The Bertz CT molecular complexity index is 742. The number of hydrogen-bond acceptors (Lipinski definition) is 2. The Morgan fingerprint density at radius 3 is 3.04 bits per heavy atom. The lowest BCUT2D eigenvalue weighted by Gasteiger charge is -2.30. The second-order valence-electron chi connectivity index (χ2n) is 6.41. The molecule has 24 heavy (non-hydrogen) atoms. The number of urea groups is 1. The first-order valence-electron chi connectivity index (χ1n) is 8.27. The number of nitrogens with zero attached hydrogens (tertiary/aromatic N) is 3. The van der Waals surface area contributed by atoms with Crippen molar-refractivity contribution in [2.24, 2.45) is 7.05 Å². The van der Waals surface area contributed by atoms with Gasteiger partial charge in [-0.15, -0.1) is 0 Å². The van der Waals surface area contributed by atoms with E-state index in [1.54, 1.807) is 4.90 Å². The highest BCUT2D eigenvalue weighted by molar-refractivity contribution is 6.30. The van der Waals surface area contributed by atoms with Crippen molar-refractivity contribution in [1.82, 2.24) is 20.0 Å². The van der Waals surface area contributed by atoms with Crippen molar-refractivity contribution in [1.29, 1.82) is 0 Å². The minimum atomic E-state index is -0.0795. The number of benzene rings is 1. The Balaban J connectivity index is 1.71. The van der Waals surface area contributed by atoms with Crippen molar-refractivity contribution in [2.45, 2.75) is 38.3 Å². The van der Waals surface area contributed by atoms with Crippen molar-refractivity contribution in [2.75, 3.05) is 7.05 Å². The molecule has 1 aromatic heterocycles. The highest BCUT2D eigenvalue weighted by Gasteiger charge is 2.27. The van der Waals surface area contributed by atoms with Crippen LogP contribution >= 0.6 is 11.6 Å². The monoisotopic (exact) mass is 346 g/mol. The van der Waals surface area contributed by atoms with Crippen molar-refractivity contribution >= 4 is 17.6 Å². The predicted molar refractivity (Wildman–Crippen MR) is 95.0 cm³/mol. The number of fused-ring (bicyclic) bond motifs is 1. The largest absolute Gasteiger partial charge is 0.331 e. The Morgan fingerprint density at radius 1 is 1.50 bits per heavy atom. The van der Waals surface area contributed by atoms with Crippen LogP contribution in [0.25, 0.3) is 0 Å². The van der Waals surface area contributed by atoms with Crippen molar-refractivity contribution in [3.63, 3.8) is 0 Å². The number of carbonyl (C=O) groups excluding carboxylic acids is 1. The summed E-state index contributed by atoms with van der Waals surface area (Å²) in [5.41, 5.74) is 3.38. The number of nitrogens with one attached hydrogen (secondary N) is 1. The number of rotatable bonds is 3. The van der Waals surface area contributed by atoms with Crippen LogP contribution in [0.3, 0.4) is 0 Å². The maximum Gasteiger partial charge on any atom is 0.318 e. The van der Waals surface area contributed by atoms with Gasteiger partial charge in [-0.2, -0.15) is 5.10 Å². The number of amides is 2. The molecule has 0 bridgehead atoms. The van der Waals surface area contributed by atoms with Crippen molar-refractivity contribution in [3.8, 4) is 0 Å². The van der Waals surface area contributed by atoms with E-state index in [0.717, 1.165) is 30.4 Å². The van der Waals surface area contributed by atoms with Gasteiger partial charge in [0.05, 0.1) is 18.3 Å². The summed E-state index contributed by atoms with van der Waals surface area (Å²) in [7, 11) is 3.77. The van der Waals surface area contributed by atoms with Crippen LogP contribution in [0.5, 0.6) is 0 Å². The van der Waals surface area contributed by atoms with E-state index >= 15 is 0 Å². The molecule has 2 amide bonds. The molecule has 0 saturated heterocycles. The third-order valence-electron chi connectivity index (χ3n) is 4.91. The molecule has 128 valence electrons. The normalized spacial score (nSPS) is 17.9. The highest BCUT2D eigenvalue weighted by Crippen LogP contribution is 2.30. The number of hydrogen-bond donors (Lipinski definition) is 1. The molecule has 1 aliphatic rings. The third kappa shape index (κ3) is 3.26. The summed E-state index contributed by atoms with van der Waals surface area (Å²) in [6.45, 7) is 2.00. The average molecular weight is 347 g/mol. The first kappa shape index (κ1) is 16.8. The molecule has 0 saturated carbocycles. The lowest BCUT2D eigenvalue weighted by Crippen LogP contribution is -2.41. The maximum atomic E-state index is 12.7. The van der Waals surface area contributed by atoms with Gasteiger partial charge in [0.15, 0.2) is 0 Å². The molecular formula is C18H23ClN4O. The topological polar surface area (TPSA) is 50.2 Å². The standard InChI is InChI=1S/C18H23ClN4O/c1-12(13-6-4-7-14(19)10-13)22(2)18(24)21-16-8-5-9-17-15(16)11-20-23(17)3/h4,6-7,10-12,16H,5,8-9H2,1-3H3,(H,21,24)/t12-,16-/m1/s1. The van der Waals surface area contributed by atoms with Gasteiger partial charge in [0, 0.05) is 30.4 Å². The second-order valence-corrected chi connectivity index (χ2v) is 6.84. The van der Waals surface area contributed by atoms with Gasteiger partial charge in [-0.1, -0.05) is 23.7 Å². The molecule has 5 nitrogen and oxygen atoms in total. The number of aromatic nitrogens is 2. The summed E-state index contributed by atoms with van der Waals surface area (Å²) in [6.07, 6.45) is 4.90. The van der Waals surface area contributed by atoms with Crippen LogP contribution in [0.1, 0.15) is 48.7 Å². The molecule has 6 heteroatoms. The van der Waals surface area contributed by atoms with Crippen LogP contribution in [-0.2, 0) is 13.5 Å². The van der Waals surface area contributed by atoms with E-state index in [2.05, 4.69) is 10.4 Å². The Labute approximate surface area is 147 Å². The molecular weight excluding hydrogens is 324 g/mol. The van der Waals surface area contributed by atoms with E-state index in [1.807, 2.05) is 56.2 Å². The van der Waals surface area contributed by atoms with Crippen LogP contribution in [0.15, 0.2) is 30.5 Å². The maximum absolute atomic E-state index is 12.7. The molecule has 0 fully saturated rings. The molecule has 1 heterocycles. The molecule has 0 unspecified atom stereocenters. The van der Waals surface area contributed by atoms with Crippen LogP contribution in [-0.4, -0.2) is 27.8 Å². The molecule has 0 spiro atoms. The summed E-state index contributed by atoms with van der Waals surface area (Å²) in [5, 5.41) is 8.17. The second kappa shape index (κ2) is 6.85. The van der Waals surface area contributed by atoms with E-state index in [9.17, 15) is 4.79 Å². The lowest BCUT2D eigenvalue weighted by atomic mass is 9.93. The zero-order valence-electron chi connectivity index (χ0n) is 14.3. The highest BCUT2D eigenvalue weighted by atomic mass is 35.5. The smallest absolute Gasteiger partial charge is 0.318 e. The fourth-order valence-corrected chi connectivity index (χ4v) is 3.47. The van der Waals surface area contributed by atoms with Gasteiger partial charge in [0.25, 0.3) is 0 Å². The van der Waals surface area contributed by atoms with E-state index in [0.29, 0.717) is 5.02 Å². The Morgan fingerprint density at radius 2 is 2.29 bits per heavy atom. The zero-order chi connectivity index (χ0) is 17.3. The van der Waals surface area contributed by atoms with Crippen molar-refractivity contribution in [3.05, 3.63) is 52.3 Å². The Hall–Kier alpha value is -2.01. The van der Waals surface area contributed by atoms with Gasteiger partial charge in [0.1, 0.15) is 0 Å². The number of carbonyl (C=O) groups is 1. The molecule has 1 N–H and O–H groups in total. The number of halogens is 1. The summed E-state index contributed by atoms with van der Waals surface area (Å²) >= 11 is 6.06. The van der Waals surface area contributed by atoms with E-state index < -0.39 is 0 Å². The van der Waals surface area contributed by atoms with Crippen LogP contribution in [0.4, 0.5) is 4.79 Å². The van der Waals surface area contributed by atoms with Gasteiger partial charge in [-0.05, 0) is 43.9 Å². The molecule has 0 radical (unpaired) electrons. The van der Waals surface area contributed by atoms with Crippen LogP contribution in [0.2, 0.25) is 5.02 Å². The van der Waals surface area contributed by atoms with Gasteiger partial charge in [0.2, 0.25) is 0 Å². The Kier molecular flexibility index (Phi) is 4.81. The summed E-state index contributed by atoms with van der Waals surface area (Å²) in [4.78, 5) is 14.4. The fourth-order valence-electron chi connectivity index (χ4n) is 3.27. The quantitative estimate of drug-likeness (QED) is 0.917. The van der Waals surface area contributed by atoms with E-state index in [-0.39, 0.29) is 18.1 Å². The molecule has 2 atom stereocenters. The predicted octanol–water partition coefficient (Wildman–Crippen LogP) is 3.85. The minimum absolute atomic E-state index is 0.0314. The molecule has 1 aromatic carbocycles. The molecule has 1 aliphatic carbocycles. The average Bonchev–Trinajstić information content (AvgIpc) is 2.96. The summed E-state index contributed by atoms with van der Waals surface area (Å²) in [6, 6.07) is 7.52. The van der Waals surface area contributed by atoms with Crippen LogP contribution in [0, 0.1) is 0 Å². The van der Waals surface area contributed by atoms with E-state index in [1.165, 1.54) is 5.69 Å². The van der Waals surface area contributed by atoms with Gasteiger partial charge in [-0.25, -0.2) is 4.79 Å². The molecule has 0 aliphatic heterocycles. The minimum Gasteiger partial charge on any atom is -0.331 e. The fraction of sp³-hybridized carbons (Fsp3) is 0.444. The number of aryl methyl sites for hydroxylation is 1. The van der Waals surface area contributed by atoms with Gasteiger partial charge < -0.3 is 10.2 Å². The molecule has 2 aromatic rings. The molecule has 3 rings (SSSR count). The first-order valence-corrected chi connectivity index (χ1v) is 8.64. The SMILES string of the molecule is C[C@H](c1cccc(Cl)c1)N(C)C(=O)N[C@@H]1CCCc2c1cnn2C. The van der Waals surface area contributed by atoms with E-state index in [4.69, 9.17) is 11.6 Å². The third-order valence-corrected chi connectivity index (χ3v) is 5.14. The summed E-state index contributed by atoms with van der Waals surface area (Å²) in [5.74, 6) is 0.